The van der Waals surface area contributed by atoms with E-state index in [-0.39, 0.29) is 6.61 Å². The molecule has 4 amide bonds. The molecule has 2 unspecified atom stereocenters. The molecule has 10 heteroatoms. The molecular formula is C30H29N3O7. The minimum absolute atomic E-state index is 0.212. The first-order valence-corrected chi connectivity index (χ1v) is 12.7. The Labute approximate surface area is 231 Å². The molecule has 0 radical (unpaired) electrons. The first-order chi connectivity index (χ1) is 19.3. The molecule has 1 heterocycles. The molecule has 0 aromatic heterocycles. The van der Waals surface area contributed by atoms with Gasteiger partial charge < -0.3 is 15.2 Å². The van der Waals surface area contributed by atoms with Crippen molar-refractivity contribution >= 4 is 29.8 Å². The molecule has 3 aromatic carbocycles. The number of rotatable bonds is 9. The van der Waals surface area contributed by atoms with Crippen LogP contribution < -0.4 is 11.1 Å². The quantitative estimate of drug-likeness (QED) is 0.310. The first kappa shape index (κ1) is 28.2. The van der Waals surface area contributed by atoms with Gasteiger partial charge >= 0.3 is 12.1 Å². The lowest BCUT2D eigenvalue weighted by molar-refractivity contribution is -0.161. The summed E-state index contributed by atoms with van der Waals surface area (Å²) in [5.41, 5.74) is 7.71. The molecule has 1 aliphatic heterocycles. The van der Waals surface area contributed by atoms with Crippen molar-refractivity contribution in [2.75, 3.05) is 0 Å². The third-order valence-corrected chi connectivity index (χ3v) is 6.37. The van der Waals surface area contributed by atoms with Crippen molar-refractivity contribution in [3.8, 4) is 0 Å². The second kappa shape index (κ2) is 12.8. The summed E-state index contributed by atoms with van der Waals surface area (Å²) in [4.78, 5) is 66.0. The van der Waals surface area contributed by atoms with Gasteiger partial charge in [0.1, 0.15) is 6.61 Å². The molecule has 0 aliphatic carbocycles. The highest BCUT2D eigenvalue weighted by Gasteiger charge is 2.50. The molecule has 0 spiro atoms. The van der Waals surface area contributed by atoms with Crippen molar-refractivity contribution in [2.24, 2.45) is 11.7 Å². The van der Waals surface area contributed by atoms with Crippen molar-refractivity contribution in [3.05, 3.63) is 108 Å². The summed E-state index contributed by atoms with van der Waals surface area (Å²) in [5.74, 6) is -4.91. The zero-order chi connectivity index (χ0) is 28.6. The van der Waals surface area contributed by atoms with Gasteiger partial charge in [0.15, 0.2) is 12.1 Å². The number of ether oxygens (including phenoxy) is 2. The summed E-state index contributed by atoms with van der Waals surface area (Å²) in [5, 5.41) is 2.13. The number of benzene rings is 3. The van der Waals surface area contributed by atoms with Gasteiger partial charge in [-0.25, -0.2) is 14.5 Å². The fraction of sp³-hybridized carbons (Fsp3) is 0.233. The Bertz CT molecular complexity index is 1320. The van der Waals surface area contributed by atoms with Crippen LogP contribution in [0.25, 0.3) is 0 Å². The van der Waals surface area contributed by atoms with Crippen molar-refractivity contribution in [3.63, 3.8) is 0 Å². The minimum Gasteiger partial charge on any atom is -0.451 e. The van der Waals surface area contributed by atoms with E-state index < -0.39 is 60.3 Å². The lowest BCUT2D eigenvalue weighted by atomic mass is 9.95. The van der Waals surface area contributed by atoms with E-state index >= 15 is 0 Å². The van der Waals surface area contributed by atoms with Gasteiger partial charge in [0, 0.05) is 6.42 Å². The van der Waals surface area contributed by atoms with Crippen LogP contribution in [0.5, 0.6) is 0 Å². The Balaban J connectivity index is 1.72. The lowest BCUT2D eigenvalue weighted by Gasteiger charge is -2.32. The Morgan fingerprint density at radius 1 is 0.900 bits per heavy atom. The average Bonchev–Trinajstić information content (AvgIpc) is 3.30. The summed E-state index contributed by atoms with van der Waals surface area (Å²) < 4.78 is 11.3. The Morgan fingerprint density at radius 2 is 1.43 bits per heavy atom. The number of imide groups is 2. The maximum Gasteiger partial charge on any atom is 0.417 e. The molecule has 3 N–H and O–H groups in total. The summed E-state index contributed by atoms with van der Waals surface area (Å²) >= 11 is 0. The Kier molecular flexibility index (Phi) is 9.03. The van der Waals surface area contributed by atoms with Gasteiger partial charge in [0.2, 0.25) is 17.7 Å². The van der Waals surface area contributed by atoms with E-state index in [0.29, 0.717) is 21.6 Å². The van der Waals surface area contributed by atoms with Crippen LogP contribution in [-0.2, 0) is 35.3 Å². The standard InChI is InChI=1S/C30H29N3O7/c1-19(31)28(36)33(30(38)39-18-20-11-5-2-6-12-20)25(23-17-24(34)32-27(23)35)29(37)40-26(21-13-7-3-8-14-21)22-15-9-4-10-16-22/h2-16,19,23,25-26H,17-18,31H2,1H3,(H,32,34,35)/t19-,23?,25?/m0/s1. The molecule has 206 valence electrons. The third-order valence-electron chi connectivity index (χ3n) is 6.37. The molecule has 4 rings (SSSR count). The highest BCUT2D eigenvalue weighted by Crippen LogP contribution is 2.30. The van der Waals surface area contributed by atoms with Gasteiger partial charge in [-0.15, -0.1) is 0 Å². The monoisotopic (exact) mass is 543 g/mol. The number of esters is 1. The summed E-state index contributed by atoms with van der Waals surface area (Å²) in [7, 11) is 0. The number of carbonyl (C=O) groups is 5. The topological polar surface area (TPSA) is 145 Å². The van der Waals surface area contributed by atoms with Crippen molar-refractivity contribution < 1.29 is 33.4 Å². The van der Waals surface area contributed by atoms with Crippen molar-refractivity contribution in [1.82, 2.24) is 10.2 Å². The van der Waals surface area contributed by atoms with E-state index in [4.69, 9.17) is 15.2 Å². The summed E-state index contributed by atoms with van der Waals surface area (Å²) in [6, 6.07) is 23.4. The van der Waals surface area contributed by atoms with Crippen LogP contribution in [0.15, 0.2) is 91.0 Å². The van der Waals surface area contributed by atoms with Crippen LogP contribution in [0.3, 0.4) is 0 Å². The normalized spacial score (nSPS) is 16.1. The molecule has 1 fully saturated rings. The molecule has 3 atom stereocenters. The molecule has 10 nitrogen and oxygen atoms in total. The zero-order valence-corrected chi connectivity index (χ0v) is 21.8. The smallest absolute Gasteiger partial charge is 0.417 e. The van der Waals surface area contributed by atoms with Crippen LogP contribution in [-0.4, -0.2) is 46.8 Å². The van der Waals surface area contributed by atoms with E-state index in [0.717, 1.165) is 0 Å². The van der Waals surface area contributed by atoms with E-state index in [1.54, 1.807) is 91.0 Å². The number of nitrogens with zero attached hydrogens (tertiary/aromatic N) is 1. The SMILES string of the molecule is C[C@H](N)C(=O)N(C(=O)OCc1ccccc1)C(C(=O)OC(c1ccccc1)c1ccccc1)C1CC(=O)NC1=O. The van der Waals surface area contributed by atoms with E-state index in [1.807, 2.05) is 0 Å². The van der Waals surface area contributed by atoms with Gasteiger partial charge in [-0.2, -0.15) is 0 Å². The van der Waals surface area contributed by atoms with Crippen LogP contribution in [0.1, 0.15) is 36.1 Å². The number of nitrogens with one attached hydrogen (secondary N) is 1. The maximum absolute atomic E-state index is 13.9. The van der Waals surface area contributed by atoms with Crippen LogP contribution in [0.2, 0.25) is 0 Å². The number of nitrogens with two attached hydrogens (primary N) is 1. The van der Waals surface area contributed by atoms with Gasteiger partial charge in [0.05, 0.1) is 12.0 Å². The maximum atomic E-state index is 13.9. The van der Waals surface area contributed by atoms with Gasteiger partial charge in [-0.3, -0.25) is 19.7 Å². The molecule has 0 saturated carbocycles. The minimum atomic E-state index is -1.82. The highest BCUT2D eigenvalue weighted by molar-refractivity contribution is 6.08. The van der Waals surface area contributed by atoms with Gasteiger partial charge in [-0.1, -0.05) is 91.0 Å². The van der Waals surface area contributed by atoms with Crippen LogP contribution >= 0.6 is 0 Å². The lowest BCUT2D eigenvalue weighted by Crippen LogP contribution is -2.57. The number of hydrogen-bond donors (Lipinski definition) is 2. The van der Waals surface area contributed by atoms with E-state index in [1.165, 1.54) is 6.92 Å². The largest absolute Gasteiger partial charge is 0.451 e. The second-order valence-corrected chi connectivity index (χ2v) is 9.34. The molecule has 0 bridgehead atoms. The predicted octanol–water partition coefficient (Wildman–Crippen LogP) is 2.86. The predicted molar refractivity (Wildman–Crippen MR) is 143 cm³/mol. The van der Waals surface area contributed by atoms with Crippen LogP contribution in [0, 0.1) is 5.92 Å². The molecule has 1 aliphatic rings. The zero-order valence-electron chi connectivity index (χ0n) is 21.8. The molecular weight excluding hydrogens is 514 g/mol. The molecule has 1 saturated heterocycles. The summed E-state index contributed by atoms with van der Waals surface area (Å²) in [6.07, 6.45) is -2.57. The number of carbonyl (C=O) groups excluding carboxylic acids is 5. The van der Waals surface area contributed by atoms with E-state index in [2.05, 4.69) is 5.32 Å². The van der Waals surface area contributed by atoms with Gasteiger partial charge in [-0.05, 0) is 23.6 Å². The van der Waals surface area contributed by atoms with E-state index in [9.17, 15) is 24.0 Å². The fourth-order valence-electron chi connectivity index (χ4n) is 4.40. The first-order valence-electron chi connectivity index (χ1n) is 12.7. The highest BCUT2D eigenvalue weighted by atomic mass is 16.6. The number of amides is 4. The van der Waals surface area contributed by atoms with Gasteiger partial charge in [0.25, 0.3) is 0 Å². The number of hydrogen-bond acceptors (Lipinski definition) is 8. The van der Waals surface area contributed by atoms with Crippen LogP contribution in [0.4, 0.5) is 4.79 Å². The van der Waals surface area contributed by atoms with Crippen molar-refractivity contribution in [2.45, 2.75) is 38.1 Å². The molecule has 3 aromatic rings. The summed E-state index contributed by atoms with van der Waals surface area (Å²) in [6.45, 7) is 1.12. The molecule has 40 heavy (non-hydrogen) atoms. The second-order valence-electron chi connectivity index (χ2n) is 9.34. The Hall–Kier alpha value is -4.83. The third kappa shape index (κ3) is 6.59. The average molecular weight is 544 g/mol. The Morgan fingerprint density at radius 3 is 1.90 bits per heavy atom. The van der Waals surface area contributed by atoms with Crippen molar-refractivity contribution in [1.29, 1.82) is 0 Å². The fourth-order valence-corrected chi connectivity index (χ4v) is 4.40.